The fraction of sp³-hybridized carbons (Fsp3) is 0.286. The molecule has 3 aromatic rings. The standard InChI is InChI=1S/C21H26N6O/c1-3-26(2)15-18-7-4-6-17(12-18)13-24-21(28)25-14-19-8-5-9-23-20(19)27-11-10-22-16-27/h4-12,16H,3,13-15H2,1-2H3,(H2,24,25,28). The van der Waals surface area contributed by atoms with Gasteiger partial charge < -0.3 is 15.5 Å². The van der Waals surface area contributed by atoms with Crippen molar-refractivity contribution >= 4 is 6.03 Å². The molecule has 2 aromatic heterocycles. The van der Waals surface area contributed by atoms with E-state index in [1.165, 1.54) is 5.56 Å². The van der Waals surface area contributed by atoms with Gasteiger partial charge in [-0.05, 0) is 30.8 Å². The van der Waals surface area contributed by atoms with Crippen LogP contribution in [-0.4, -0.2) is 39.1 Å². The van der Waals surface area contributed by atoms with Crippen LogP contribution < -0.4 is 10.6 Å². The average molecular weight is 378 g/mol. The third-order valence-electron chi connectivity index (χ3n) is 4.49. The monoisotopic (exact) mass is 378 g/mol. The van der Waals surface area contributed by atoms with Crippen molar-refractivity contribution in [1.82, 2.24) is 30.1 Å². The predicted octanol–water partition coefficient (Wildman–Crippen LogP) is 2.72. The second kappa shape index (κ2) is 9.66. The third-order valence-corrected chi connectivity index (χ3v) is 4.49. The maximum atomic E-state index is 12.2. The van der Waals surface area contributed by atoms with Crippen LogP contribution in [-0.2, 0) is 19.6 Å². The Labute approximate surface area is 165 Å². The van der Waals surface area contributed by atoms with Crippen LogP contribution >= 0.6 is 0 Å². The molecular formula is C21H26N6O. The molecular weight excluding hydrogens is 352 g/mol. The van der Waals surface area contributed by atoms with Crippen molar-refractivity contribution in [3.8, 4) is 5.82 Å². The molecule has 0 radical (unpaired) electrons. The Morgan fingerprint density at radius 2 is 1.93 bits per heavy atom. The molecule has 7 heteroatoms. The van der Waals surface area contributed by atoms with E-state index < -0.39 is 0 Å². The van der Waals surface area contributed by atoms with Gasteiger partial charge in [0.2, 0.25) is 0 Å². The summed E-state index contributed by atoms with van der Waals surface area (Å²) in [5.41, 5.74) is 3.24. The Balaban J connectivity index is 1.53. The minimum atomic E-state index is -0.212. The van der Waals surface area contributed by atoms with Gasteiger partial charge in [0.15, 0.2) is 0 Å². The smallest absolute Gasteiger partial charge is 0.315 e. The number of aromatic nitrogens is 3. The average Bonchev–Trinajstić information content (AvgIpc) is 3.26. The number of carbonyl (C=O) groups is 1. The van der Waals surface area contributed by atoms with Gasteiger partial charge in [0.05, 0.1) is 0 Å². The van der Waals surface area contributed by atoms with E-state index in [2.05, 4.69) is 51.6 Å². The number of imidazole rings is 1. The van der Waals surface area contributed by atoms with Crippen molar-refractivity contribution in [3.05, 3.63) is 78.0 Å². The van der Waals surface area contributed by atoms with Gasteiger partial charge in [-0.1, -0.05) is 37.3 Å². The Bertz CT molecular complexity index is 893. The summed E-state index contributed by atoms with van der Waals surface area (Å²) in [6.45, 7) is 4.90. The molecule has 2 N–H and O–H groups in total. The maximum Gasteiger partial charge on any atom is 0.315 e. The van der Waals surface area contributed by atoms with E-state index in [4.69, 9.17) is 0 Å². The van der Waals surface area contributed by atoms with E-state index in [9.17, 15) is 4.79 Å². The minimum absolute atomic E-state index is 0.212. The summed E-state index contributed by atoms with van der Waals surface area (Å²) in [7, 11) is 2.09. The Hall–Kier alpha value is -3.19. The van der Waals surface area contributed by atoms with E-state index in [0.29, 0.717) is 13.1 Å². The first-order valence-corrected chi connectivity index (χ1v) is 9.36. The molecule has 2 heterocycles. The molecule has 0 saturated heterocycles. The minimum Gasteiger partial charge on any atom is -0.334 e. The zero-order valence-electron chi connectivity index (χ0n) is 16.3. The van der Waals surface area contributed by atoms with Crippen LogP contribution in [0.4, 0.5) is 4.79 Å². The van der Waals surface area contributed by atoms with Crippen LogP contribution in [0.25, 0.3) is 5.82 Å². The quantitative estimate of drug-likeness (QED) is 0.632. The predicted molar refractivity (Wildman–Crippen MR) is 109 cm³/mol. The molecule has 1 aromatic carbocycles. The fourth-order valence-corrected chi connectivity index (χ4v) is 2.87. The van der Waals surface area contributed by atoms with Crippen molar-refractivity contribution in [2.75, 3.05) is 13.6 Å². The second-order valence-corrected chi connectivity index (χ2v) is 6.64. The molecule has 0 aliphatic heterocycles. The molecule has 0 atom stereocenters. The number of benzene rings is 1. The summed E-state index contributed by atoms with van der Waals surface area (Å²) in [5.74, 6) is 0.757. The van der Waals surface area contributed by atoms with E-state index in [-0.39, 0.29) is 6.03 Å². The first-order chi connectivity index (χ1) is 13.7. The van der Waals surface area contributed by atoms with Crippen molar-refractivity contribution in [1.29, 1.82) is 0 Å². The largest absolute Gasteiger partial charge is 0.334 e. The number of amides is 2. The van der Waals surface area contributed by atoms with Crippen molar-refractivity contribution in [2.24, 2.45) is 0 Å². The van der Waals surface area contributed by atoms with Gasteiger partial charge >= 0.3 is 6.03 Å². The van der Waals surface area contributed by atoms with Crippen LogP contribution in [0.1, 0.15) is 23.6 Å². The SMILES string of the molecule is CCN(C)Cc1cccc(CNC(=O)NCc2cccnc2-n2ccnc2)c1. The van der Waals surface area contributed by atoms with Gasteiger partial charge in [-0.2, -0.15) is 0 Å². The van der Waals surface area contributed by atoms with Crippen LogP contribution in [0.3, 0.4) is 0 Å². The lowest BCUT2D eigenvalue weighted by Gasteiger charge is -2.15. The highest BCUT2D eigenvalue weighted by molar-refractivity contribution is 5.73. The molecule has 2 amide bonds. The molecule has 0 fully saturated rings. The zero-order valence-corrected chi connectivity index (χ0v) is 16.3. The maximum absolute atomic E-state index is 12.2. The molecule has 0 aliphatic carbocycles. The van der Waals surface area contributed by atoms with Crippen LogP contribution in [0.2, 0.25) is 0 Å². The lowest BCUT2D eigenvalue weighted by atomic mass is 10.1. The van der Waals surface area contributed by atoms with Gasteiger partial charge in [-0.3, -0.25) is 4.57 Å². The van der Waals surface area contributed by atoms with E-state index in [1.54, 1.807) is 18.7 Å². The zero-order chi connectivity index (χ0) is 19.8. The summed E-state index contributed by atoms with van der Waals surface area (Å²) >= 11 is 0. The molecule has 146 valence electrons. The van der Waals surface area contributed by atoms with Crippen molar-refractivity contribution in [2.45, 2.75) is 26.6 Å². The molecule has 28 heavy (non-hydrogen) atoms. The number of pyridine rings is 1. The Morgan fingerprint density at radius 3 is 2.71 bits per heavy atom. The molecule has 0 saturated carbocycles. The lowest BCUT2D eigenvalue weighted by molar-refractivity contribution is 0.240. The third kappa shape index (κ3) is 5.40. The summed E-state index contributed by atoms with van der Waals surface area (Å²) in [5, 5.41) is 5.81. The van der Waals surface area contributed by atoms with E-state index >= 15 is 0 Å². The highest BCUT2D eigenvalue weighted by Crippen LogP contribution is 2.11. The number of nitrogens with one attached hydrogen (secondary N) is 2. The highest BCUT2D eigenvalue weighted by Gasteiger charge is 2.07. The summed E-state index contributed by atoms with van der Waals surface area (Å²) < 4.78 is 1.83. The van der Waals surface area contributed by atoms with Gasteiger partial charge in [0.1, 0.15) is 12.1 Å². The molecule has 0 unspecified atom stereocenters. The van der Waals surface area contributed by atoms with E-state index in [0.717, 1.165) is 30.0 Å². The normalized spacial score (nSPS) is 10.8. The summed E-state index contributed by atoms with van der Waals surface area (Å²) in [4.78, 5) is 22.9. The highest BCUT2D eigenvalue weighted by atomic mass is 16.2. The van der Waals surface area contributed by atoms with Crippen LogP contribution in [0.5, 0.6) is 0 Å². The van der Waals surface area contributed by atoms with Gasteiger partial charge in [-0.25, -0.2) is 14.8 Å². The van der Waals surface area contributed by atoms with Crippen molar-refractivity contribution < 1.29 is 4.79 Å². The van der Waals surface area contributed by atoms with E-state index in [1.807, 2.05) is 35.0 Å². The fourth-order valence-electron chi connectivity index (χ4n) is 2.87. The molecule has 0 spiro atoms. The Kier molecular flexibility index (Phi) is 6.75. The summed E-state index contributed by atoms with van der Waals surface area (Å²) in [6.07, 6.45) is 6.94. The molecule has 0 aliphatic rings. The van der Waals surface area contributed by atoms with Gasteiger partial charge in [0, 0.05) is 43.8 Å². The first kappa shape index (κ1) is 19.6. The van der Waals surface area contributed by atoms with Crippen molar-refractivity contribution in [3.63, 3.8) is 0 Å². The number of rotatable bonds is 8. The van der Waals surface area contributed by atoms with Crippen LogP contribution in [0.15, 0.2) is 61.3 Å². The second-order valence-electron chi connectivity index (χ2n) is 6.64. The number of carbonyl (C=O) groups excluding carboxylic acids is 1. The molecule has 7 nitrogen and oxygen atoms in total. The first-order valence-electron chi connectivity index (χ1n) is 9.36. The number of hydrogen-bond donors (Lipinski definition) is 2. The Morgan fingerprint density at radius 1 is 1.11 bits per heavy atom. The topological polar surface area (TPSA) is 75.1 Å². The van der Waals surface area contributed by atoms with Gasteiger partial charge in [-0.15, -0.1) is 0 Å². The van der Waals surface area contributed by atoms with Gasteiger partial charge in [0.25, 0.3) is 0 Å². The number of hydrogen-bond acceptors (Lipinski definition) is 4. The van der Waals surface area contributed by atoms with Crippen LogP contribution in [0, 0.1) is 0 Å². The number of urea groups is 1. The molecule has 0 bridgehead atoms. The summed E-state index contributed by atoms with van der Waals surface area (Å²) in [6, 6.07) is 11.9. The lowest BCUT2D eigenvalue weighted by Crippen LogP contribution is -2.34. The molecule has 3 rings (SSSR count). The number of nitrogens with zero attached hydrogens (tertiary/aromatic N) is 4.